The van der Waals surface area contributed by atoms with Crippen molar-refractivity contribution < 1.29 is 23.5 Å². The first-order valence-electron chi connectivity index (χ1n) is 7.38. The zero-order valence-electron chi connectivity index (χ0n) is 12.5. The van der Waals surface area contributed by atoms with E-state index in [9.17, 15) is 18.4 Å². The molecule has 1 aliphatic heterocycles. The highest BCUT2D eigenvalue weighted by atomic mass is 32.1. The summed E-state index contributed by atoms with van der Waals surface area (Å²) in [6.07, 6.45) is 0.836. The van der Waals surface area contributed by atoms with Crippen molar-refractivity contribution in [3.8, 4) is 10.6 Å². The van der Waals surface area contributed by atoms with Crippen molar-refractivity contribution in [3.05, 3.63) is 40.9 Å². The molecule has 126 valence electrons. The molecule has 1 fully saturated rings. The molecule has 1 N–H and O–H groups in total. The Hall–Kier alpha value is -2.35. The minimum Gasteiger partial charge on any atom is -0.481 e. The second-order valence-corrected chi connectivity index (χ2v) is 6.43. The Kier molecular flexibility index (Phi) is 4.57. The van der Waals surface area contributed by atoms with Gasteiger partial charge in [0, 0.05) is 24.0 Å². The molecule has 2 heterocycles. The Bertz CT molecular complexity index is 785. The van der Waals surface area contributed by atoms with Crippen molar-refractivity contribution in [2.45, 2.75) is 12.8 Å². The van der Waals surface area contributed by atoms with E-state index in [-0.39, 0.29) is 11.6 Å². The van der Waals surface area contributed by atoms with Gasteiger partial charge in [0.1, 0.15) is 10.7 Å². The molecular formula is C16H14F2N2O3S. The summed E-state index contributed by atoms with van der Waals surface area (Å²) in [6, 6.07) is 3.47. The average Bonchev–Trinajstić information content (AvgIpc) is 3.07. The minimum atomic E-state index is -0.966. The summed E-state index contributed by atoms with van der Waals surface area (Å²) in [7, 11) is 0. The smallest absolute Gasteiger partial charge is 0.306 e. The molecule has 0 atom stereocenters. The molecule has 24 heavy (non-hydrogen) atoms. The van der Waals surface area contributed by atoms with Crippen LogP contribution in [0, 0.1) is 17.6 Å². The van der Waals surface area contributed by atoms with Crippen LogP contribution < -0.4 is 0 Å². The lowest BCUT2D eigenvalue weighted by Gasteiger charge is -2.29. The molecule has 0 aliphatic carbocycles. The topological polar surface area (TPSA) is 70.5 Å². The van der Waals surface area contributed by atoms with Crippen molar-refractivity contribution >= 4 is 23.2 Å². The van der Waals surface area contributed by atoms with Gasteiger partial charge in [-0.15, -0.1) is 11.3 Å². The lowest BCUT2D eigenvalue weighted by atomic mass is 9.97. The van der Waals surface area contributed by atoms with Crippen molar-refractivity contribution in [3.63, 3.8) is 0 Å². The molecule has 0 saturated carbocycles. The number of aromatic nitrogens is 1. The Balaban J connectivity index is 1.72. The molecular weight excluding hydrogens is 338 g/mol. The van der Waals surface area contributed by atoms with E-state index in [4.69, 9.17) is 5.11 Å². The average molecular weight is 352 g/mol. The number of carboxylic acid groups (broad SMARTS) is 1. The number of piperidine rings is 1. The fourth-order valence-electron chi connectivity index (χ4n) is 2.63. The molecule has 1 aromatic carbocycles. The number of carbonyl (C=O) groups excluding carboxylic acids is 1. The molecule has 2 aromatic rings. The summed E-state index contributed by atoms with van der Waals surface area (Å²) in [5, 5.41) is 11.0. The Morgan fingerprint density at radius 1 is 1.21 bits per heavy atom. The molecule has 0 bridgehead atoms. The van der Waals surface area contributed by atoms with E-state index in [0.29, 0.717) is 36.5 Å². The molecule has 1 saturated heterocycles. The summed E-state index contributed by atoms with van der Waals surface area (Å²) in [4.78, 5) is 29.1. The second kappa shape index (κ2) is 6.64. The van der Waals surface area contributed by atoms with Gasteiger partial charge in [-0.1, -0.05) is 0 Å². The lowest BCUT2D eigenvalue weighted by molar-refractivity contribution is -0.143. The van der Waals surface area contributed by atoms with Crippen LogP contribution in [-0.4, -0.2) is 40.0 Å². The van der Waals surface area contributed by atoms with E-state index in [1.807, 2.05) is 0 Å². The fourth-order valence-corrected chi connectivity index (χ4v) is 3.42. The standard InChI is InChI=1S/C16H14F2N2O3S/c17-11-2-1-10(7-12(11)18)14-19-13(8-24-14)15(21)20-5-3-9(4-6-20)16(22)23/h1-2,7-9H,3-6H2,(H,22,23). The number of nitrogens with zero attached hydrogens (tertiary/aromatic N) is 2. The van der Waals surface area contributed by atoms with Crippen LogP contribution in [0.15, 0.2) is 23.6 Å². The molecule has 3 rings (SSSR count). The SMILES string of the molecule is O=C(O)C1CCN(C(=O)c2csc(-c3ccc(F)c(F)c3)n2)CC1. The Morgan fingerprint density at radius 3 is 2.54 bits per heavy atom. The second-order valence-electron chi connectivity index (χ2n) is 5.57. The highest BCUT2D eigenvalue weighted by Crippen LogP contribution is 2.26. The van der Waals surface area contributed by atoms with Gasteiger partial charge in [0.2, 0.25) is 0 Å². The van der Waals surface area contributed by atoms with E-state index in [0.717, 1.165) is 12.1 Å². The van der Waals surface area contributed by atoms with Gasteiger partial charge in [-0.05, 0) is 31.0 Å². The van der Waals surface area contributed by atoms with Gasteiger partial charge in [-0.2, -0.15) is 0 Å². The van der Waals surface area contributed by atoms with E-state index in [2.05, 4.69) is 4.98 Å². The number of benzene rings is 1. The quantitative estimate of drug-likeness (QED) is 0.922. The summed E-state index contributed by atoms with van der Waals surface area (Å²) >= 11 is 1.17. The van der Waals surface area contributed by atoms with Gasteiger partial charge in [-0.25, -0.2) is 13.8 Å². The number of halogens is 2. The third-order valence-electron chi connectivity index (χ3n) is 4.02. The molecule has 0 spiro atoms. The largest absolute Gasteiger partial charge is 0.481 e. The van der Waals surface area contributed by atoms with Crippen LogP contribution in [0.25, 0.3) is 10.6 Å². The maximum absolute atomic E-state index is 13.3. The van der Waals surface area contributed by atoms with Crippen LogP contribution in [0.5, 0.6) is 0 Å². The number of thiazole rings is 1. The first-order valence-corrected chi connectivity index (χ1v) is 8.26. The van der Waals surface area contributed by atoms with Crippen LogP contribution >= 0.6 is 11.3 Å². The maximum Gasteiger partial charge on any atom is 0.306 e. The van der Waals surface area contributed by atoms with Crippen LogP contribution in [0.3, 0.4) is 0 Å². The van der Waals surface area contributed by atoms with E-state index >= 15 is 0 Å². The molecule has 5 nitrogen and oxygen atoms in total. The van der Waals surface area contributed by atoms with Crippen LogP contribution in [-0.2, 0) is 4.79 Å². The number of rotatable bonds is 3. The summed E-state index contributed by atoms with van der Waals surface area (Å²) in [5.74, 6) is -3.43. The normalized spacial score (nSPS) is 15.5. The number of likely N-dealkylation sites (tertiary alicyclic amines) is 1. The van der Waals surface area contributed by atoms with Gasteiger partial charge in [0.25, 0.3) is 5.91 Å². The predicted molar refractivity (Wildman–Crippen MR) is 83.7 cm³/mol. The lowest BCUT2D eigenvalue weighted by Crippen LogP contribution is -2.40. The number of carboxylic acids is 1. The first kappa shape index (κ1) is 16.5. The minimum absolute atomic E-state index is 0.230. The van der Waals surface area contributed by atoms with Crippen molar-refractivity contribution in [1.29, 1.82) is 0 Å². The molecule has 1 aliphatic rings. The van der Waals surface area contributed by atoms with Gasteiger partial charge in [0.15, 0.2) is 11.6 Å². The van der Waals surface area contributed by atoms with Crippen LogP contribution in [0.2, 0.25) is 0 Å². The van der Waals surface area contributed by atoms with Gasteiger partial charge in [0.05, 0.1) is 5.92 Å². The number of amides is 1. The van der Waals surface area contributed by atoms with Crippen molar-refractivity contribution in [2.24, 2.45) is 5.92 Å². The number of hydrogen-bond acceptors (Lipinski definition) is 4. The van der Waals surface area contributed by atoms with Gasteiger partial charge < -0.3 is 10.0 Å². The third kappa shape index (κ3) is 3.28. The van der Waals surface area contributed by atoms with E-state index < -0.39 is 23.5 Å². The zero-order chi connectivity index (χ0) is 17.3. The number of carbonyl (C=O) groups is 2. The van der Waals surface area contributed by atoms with Crippen molar-refractivity contribution in [2.75, 3.05) is 13.1 Å². The zero-order valence-corrected chi connectivity index (χ0v) is 13.4. The molecule has 0 unspecified atom stereocenters. The number of hydrogen-bond donors (Lipinski definition) is 1. The summed E-state index contributed by atoms with van der Waals surface area (Å²) in [5.41, 5.74) is 0.635. The van der Waals surface area contributed by atoms with Crippen LogP contribution in [0.1, 0.15) is 23.3 Å². The van der Waals surface area contributed by atoms with E-state index in [1.165, 1.54) is 17.4 Å². The van der Waals surface area contributed by atoms with E-state index in [1.54, 1.807) is 10.3 Å². The highest BCUT2D eigenvalue weighted by molar-refractivity contribution is 7.13. The summed E-state index contributed by atoms with van der Waals surface area (Å²) in [6.45, 7) is 0.738. The van der Waals surface area contributed by atoms with Gasteiger partial charge in [-0.3, -0.25) is 9.59 Å². The monoisotopic (exact) mass is 352 g/mol. The fraction of sp³-hybridized carbons (Fsp3) is 0.312. The Morgan fingerprint density at radius 2 is 1.92 bits per heavy atom. The van der Waals surface area contributed by atoms with Crippen molar-refractivity contribution in [1.82, 2.24) is 9.88 Å². The molecule has 1 amide bonds. The van der Waals surface area contributed by atoms with Gasteiger partial charge >= 0.3 is 5.97 Å². The Labute approximate surface area is 140 Å². The molecule has 8 heteroatoms. The summed E-state index contributed by atoms with van der Waals surface area (Å²) < 4.78 is 26.3. The van der Waals surface area contributed by atoms with Crippen LogP contribution in [0.4, 0.5) is 8.78 Å². The highest BCUT2D eigenvalue weighted by Gasteiger charge is 2.28. The first-order chi connectivity index (χ1) is 11.5. The predicted octanol–water partition coefficient (Wildman–Crippen LogP) is 3.03. The molecule has 0 radical (unpaired) electrons. The number of aliphatic carboxylic acids is 1. The third-order valence-corrected chi connectivity index (χ3v) is 4.91. The maximum atomic E-state index is 13.3. The molecule has 1 aromatic heterocycles.